The average Bonchev–Trinajstić information content (AvgIpc) is 3.50. The molecule has 2 aromatic rings. The van der Waals surface area contributed by atoms with E-state index in [4.69, 9.17) is 4.98 Å². The van der Waals surface area contributed by atoms with E-state index in [1.807, 2.05) is 17.9 Å². The van der Waals surface area contributed by atoms with Crippen molar-refractivity contribution in [3.05, 3.63) is 24.0 Å². The number of rotatable bonds is 5. The third kappa shape index (κ3) is 4.38. The number of benzene rings is 1. The summed E-state index contributed by atoms with van der Waals surface area (Å²) in [5.74, 6) is 1.07. The van der Waals surface area contributed by atoms with Crippen LogP contribution in [0.3, 0.4) is 0 Å². The molecule has 3 fully saturated rings. The van der Waals surface area contributed by atoms with Gasteiger partial charge in [-0.2, -0.15) is 4.31 Å². The molecule has 3 aliphatic rings. The van der Waals surface area contributed by atoms with Crippen molar-refractivity contribution in [3.63, 3.8) is 0 Å². The van der Waals surface area contributed by atoms with Gasteiger partial charge in [-0.3, -0.25) is 4.79 Å². The van der Waals surface area contributed by atoms with Gasteiger partial charge in [0, 0.05) is 51.2 Å². The van der Waals surface area contributed by atoms with Crippen LogP contribution >= 0.6 is 0 Å². The molecule has 1 aromatic heterocycles. The summed E-state index contributed by atoms with van der Waals surface area (Å²) in [5.41, 5.74) is 1.78. The lowest BCUT2D eigenvalue weighted by molar-refractivity contribution is -0.138. The van der Waals surface area contributed by atoms with Crippen LogP contribution in [-0.2, 0) is 14.8 Å². The minimum absolute atomic E-state index is 0.0770. The van der Waals surface area contributed by atoms with Gasteiger partial charge in [-0.25, -0.2) is 13.4 Å². The summed E-state index contributed by atoms with van der Waals surface area (Å²) in [5, 5.41) is 0. The minimum atomic E-state index is -3.61. The number of likely N-dealkylation sites (N-methyl/N-ethyl adjacent to an activating group) is 1. The first-order chi connectivity index (χ1) is 16.4. The lowest BCUT2D eigenvalue weighted by atomic mass is 9.96. The molecule has 186 valence electrons. The normalized spacial score (nSPS) is 22.1. The zero-order valence-electron chi connectivity index (χ0n) is 20.4. The third-order valence-corrected chi connectivity index (χ3v) is 9.99. The number of aromatic nitrogens is 2. The number of carbonyl (C=O) groups excluding carboxylic acids is 1. The molecule has 2 saturated heterocycles. The first-order valence-corrected chi connectivity index (χ1v) is 14.3. The van der Waals surface area contributed by atoms with Crippen molar-refractivity contribution in [2.45, 2.75) is 63.3 Å². The van der Waals surface area contributed by atoms with Gasteiger partial charge >= 0.3 is 0 Å². The van der Waals surface area contributed by atoms with Crippen molar-refractivity contribution in [2.24, 2.45) is 5.92 Å². The van der Waals surface area contributed by atoms with Crippen LogP contribution in [-0.4, -0.2) is 83.8 Å². The van der Waals surface area contributed by atoms with Crippen LogP contribution in [0.5, 0.6) is 0 Å². The number of hydrogen-bond acceptors (Lipinski definition) is 5. The van der Waals surface area contributed by atoms with Crippen molar-refractivity contribution < 1.29 is 13.2 Å². The summed E-state index contributed by atoms with van der Waals surface area (Å²) in [4.78, 5) is 22.3. The molecule has 0 bridgehead atoms. The number of nitrogens with zero attached hydrogens (tertiary/aromatic N) is 5. The second-order valence-electron chi connectivity index (χ2n) is 10.1. The van der Waals surface area contributed by atoms with Crippen molar-refractivity contribution >= 4 is 27.0 Å². The molecule has 1 saturated carbocycles. The molecule has 34 heavy (non-hydrogen) atoms. The zero-order chi connectivity index (χ0) is 23.9. The van der Waals surface area contributed by atoms with E-state index in [1.54, 1.807) is 16.4 Å². The number of imidazole rings is 1. The monoisotopic (exact) mass is 487 g/mol. The van der Waals surface area contributed by atoms with E-state index in [9.17, 15) is 13.2 Å². The predicted octanol–water partition coefficient (Wildman–Crippen LogP) is 3.02. The van der Waals surface area contributed by atoms with Crippen LogP contribution in [0, 0.1) is 12.8 Å². The number of sulfonamides is 1. The molecular weight excluding hydrogens is 450 g/mol. The molecule has 8 nitrogen and oxygen atoms in total. The average molecular weight is 488 g/mol. The second kappa shape index (κ2) is 9.59. The molecule has 9 heteroatoms. The van der Waals surface area contributed by atoms with Gasteiger partial charge < -0.3 is 14.4 Å². The number of piperazine rings is 1. The lowest BCUT2D eigenvalue weighted by Crippen LogP contribution is -2.51. The number of hydrogen-bond donors (Lipinski definition) is 0. The standard InChI is InChI=1S/C25H37N5O3S/c1-3-27-14-16-28(17-15-27)25(31)20-10-12-29(13-11-20)34(32,33)22-8-9-24-23(18-22)26-19(2)30(24)21-6-4-5-7-21/h8-9,18,20-21H,3-7,10-17H2,1-2H3. The Balaban J connectivity index is 1.26. The fourth-order valence-corrected chi connectivity index (χ4v) is 7.51. The van der Waals surface area contributed by atoms with Gasteiger partial charge in [-0.15, -0.1) is 0 Å². The topological polar surface area (TPSA) is 78.8 Å². The number of fused-ring (bicyclic) bond motifs is 1. The van der Waals surface area contributed by atoms with Gasteiger partial charge in [0.15, 0.2) is 0 Å². The molecule has 0 radical (unpaired) electrons. The maximum absolute atomic E-state index is 13.4. The minimum Gasteiger partial charge on any atom is -0.340 e. The highest BCUT2D eigenvalue weighted by molar-refractivity contribution is 7.89. The summed E-state index contributed by atoms with van der Waals surface area (Å²) in [6.07, 6.45) is 5.98. The third-order valence-electron chi connectivity index (χ3n) is 8.10. The summed E-state index contributed by atoms with van der Waals surface area (Å²) >= 11 is 0. The molecule has 0 unspecified atom stereocenters. The highest BCUT2D eigenvalue weighted by Gasteiger charge is 2.35. The van der Waals surface area contributed by atoms with Crippen molar-refractivity contribution in [1.82, 2.24) is 23.7 Å². The molecule has 1 aliphatic carbocycles. The van der Waals surface area contributed by atoms with Crippen LogP contribution in [0.1, 0.15) is 57.3 Å². The van der Waals surface area contributed by atoms with Gasteiger partial charge in [0.05, 0.1) is 15.9 Å². The number of carbonyl (C=O) groups is 1. The van der Waals surface area contributed by atoms with Crippen molar-refractivity contribution in [3.8, 4) is 0 Å². The first kappa shape index (κ1) is 23.8. The molecule has 3 heterocycles. The van der Waals surface area contributed by atoms with Crippen LogP contribution in [0.15, 0.2) is 23.1 Å². The van der Waals surface area contributed by atoms with Crippen molar-refractivity contribution in [2.75, 3.05) is 45.8 Å². The van der Waals surface area contributed by atoms with Gasteiger partial charge in [0.2, 0.25) is 15.9 Å². The summed E-state index contributed by atoms with van der Waals surface area (Å²) in [6.45, 7) is 9.36. The Hall–Kier alpha value is -1.97. The Kier molecular flexibility index (Phi) is 6.70. The molecule has 2 aliphatic heterocycles. The van der Waals surface area contributed by atoms with Gasteiger partial charge in [0.1, 0.15) is 5.82 Å². The van der Waals surface area contributed by atoms with Gasteiger partial charge in [-0.1, -0.05) is 19.8 Å². The Morgan fingerprint density at radius 2 is 1.68 bits per heavy atom. The second-order valence-corrected chi connectivity index (χ2v) is 12.0. The maximum atomic E-state index is 13.4. The van der Waals surface area contributed by atoms with Crippen molar-refractivity contribution in [1.29, 1.82) is 0 Å². The maximum Gasteiger partial charge on any atom is 0.243 e. The van der Waals surface area contributed by atoms with Gasteiger partial charge in [-0.05, 0) is 57.4 Å². The molecule has 0 N–H and O–H groups in total. The number of amides is 1. The van der Waals surface area contributed by atoms with E-state index in [1.165, 1.54) is 12.8 Å². The van der Waals surface area contributed by atoms with E-state index in [2.05, 4.69) is 16.4 Å². The molecule has 1 amide bonds. The van der Waals surface area contributed by atoms with Gasteiger partial charge in [0.25, 0.3) is 0 Å². The largest absolute Gasteiger partial charge is 0.340 e. The van der Waals surface area contributed by atoms with Crippen LogP contribution in [0.2, 0.25) is 0 Å². The predicted molar refractivity (Wildman–Crippen MR) is 132 cm³/mol. The Morgan fingerprint density at radius 1 is 1.00 bits per heavy atom. The Labute approximate surface area is 203 Å². The van der Waals surface area contributed by atoms with E-state index in [0.29, 0.717) is 36.9 Å². The molecule has 1 aromatic carbocycles. The molecular formula is C25H37N5O3S. The Bertz CT molecular complexity index is 1140. The van der Waals surface area contributed by atoms with E-state index in [0.717, 1.165) is 62.4 Å². The highest BCUT2D eigenvalue weighted by atomic mass is 32.2. The van der Waals surface area contributed by atoms with Crippen LogP contribution < -0.4 is 0 Å². The van der Waals surface area contributed by atoms with E-state index in [-0.39, 0.29) is 11.8 Å². The summed E-state index contributed by atoms with van der Waals surface area (Å²) < 4.78 is 30.7. The molecule has 5 rings (SSSR count). The quantitative estimate of drug-likeness (QED) is 0.648. The summed E-state index contributed by atoms with van der Waals surface area (Å²) in [7, 11) is -3.61. The van der Waals surface area contributed by atoms with Crippen LogP contribution in [0.4, 0.5) is 0 Å². The SMILES string of the molecule is CCN1CCN(C(=O)C2CCN(S(=O)(=O)c3ccc4c(c3)nc(C)n4C3CCCC3)CC2)CC1. The highest BCUT2D eigenvalue weighted by Crippen LogP contribution is 2.34. The Morgan fingerprint density at radius 3 is 2.32 bits per heavy atom. The molecule has 0 spiro atoms. The smallest absolute Gasteiger partial charge is 0.243 e. The number of piperidine rings is 1. The fraction of sp³-hybridized carbons (Fsp3) is 0.680. The van der Waals surface area contributed by atoms with E-state index < -0.39 is 10.0 Å². The lowest BCUT2D eigenvalue weighted by Gasteiger charge is -2.38. The van der Waals surface area contributed by atoms with E-state index >= 15 is 0 Å². The summed E-state index contributed by atoms with van der Waals surface area (Å²) in [6, 6.07) is 5.85. The fourth-order valence-electron chi connectivity index (χ4n) is 6.02. The first-order valence-electron chi connectivity index (χ1n) is 12.9. The number of aryl methyl sites for hydroxylation is 1. The van der Waals surface area contributed by atoms with Crippen LogP contribution in [0.25, 0.3) is 11.0 Å². The zero-order valence-corrected chi connectivity index (χ0v) is 21.3. The molecule has 0 atom stereocenters.